The summed E-state index contributed by atoms with van der Waals surface area (Å²) in [5.74, 6) is 0.763. The largest absolute Gasteiger partial charge is 0.356 e. The van der Waals surface area contributed by atoms with E-state index in [4.69, 9.17) is 0 Å². The standard InChI is InChI=1S/C10H21NO.CH3F/c1-4-6-7-10(5-2)8-11-9(3)12;1-2/h10H,4-8H2,1-3H3,(H,11,12);1H3. The van der Waals surface area contributed by atoms with Crippen LogP contribution >= 0.6 is 0 Å². The summed E-state index contributed by atoms with van der Waals surface area (Å²) >= 11 is 0. The lowest BCUT2D eigenvalue weighted by Gasteiger charge is -2.13. The Morgan fingerprint density at radius 3 is 2.29 bits per heavy atom. The lowest BCUT2D eigenvalue weighted by Crippen LogP contribution is -2.26. The maximum atomic E-state index is 10.6. The van der Waals surface area contributed by atoms with Crippen molar-refractivity contribution in [2.24, 2.45) is 5.92 Å². The minimum Gasteiger partial charge on any atom is -0.356 e. The van der Waals surface area contributed by atoms with Crippen LogP contribution in [0.15, 0.2) is 0 Å². The summed E-state index contributed by atoms with van der Waals surface area (Å²) in [6.45, 7) is 6.81. The normalized spacial score (nSPS) is 11.2. The molecule has 86 valence electrons. The van der Waals surface area contributed by atoms with Crippen LogP contribution in [0.5, 0.6) is 0 Å². The van der Waals surface area contributed by atoms with E-state index in [0.717, 1.165) is 6.54 Å². The minimum absolute atomic E-state index is 0.0879. The molecule has 0 aromatic heterocycles. The highest BCUT2D eigenvalue weighted by Gasteiger charge is 2.05. The van der Waals surface area contributed by atoms with Gasteiger partial charge in [0, 0.05) is 13.5 Å². The Bertz CT molecular complexity index is 128. The van der Waals surface area contributed by atoms with Gasteiger partial charge in [0.15, 0.2) is 0 Å². The van der Waals surface area contributed by atoms with Crippen LogP contribution in [0.2, 0.25) is 0 Å². The van der Waals surface area contributed by atoms with Crippen molar-refractivity contribution in [3.63, 3.8) is 0 Å². The molecule has 0 aromatic carbocycles. The second-order valence-electron chi connectivity index (χ2n) is 3.35. The molecule has 0 aromatic rings. The number of hydrogen-bond acceptors (Lipinski definition) is 1. The highest BCUT2D eigenvalue weighted by atomic mass is 19.1. The van der Waals surface area contributed by atoms with E-state index in [-0.39, 0.29) is 5.91 Å². The molecular formula is C11H24FNO. The number of hydrogen-bond donors (Lipinski definition) is 1. The fourth-order valence-electron chi connectivity index (χ4n) is 1.23. The average Bonchev–Trinajstić information content (AvgIpc) is 2.21. The molecule has 0 heterocycles. The summed E-state index contributed by atoms with van der Waals surface area (Å²) in [7, 11) is 0.500. The van der Waals surface area contributed by atoms with Crippen LogP contribution in [0.25, 0.3) is 0 Å². The van der Waals surface area contributed by atoms with E-state index in [1.54, 1.807) is 6.92 Å². The third kappa shape index (κ3) is 11.4. The second-order valence-corrected chi connectivity index (χ2v) is 3.35. The minimum atomic E-state index is 0.0879. The van der Waals surface area contributed by atoms with Crippen LogP contribution in [0.1, 0.15) is 46.5 Å². The van der Waals surface area contributed by atoms with E-state index in [0.29, 0.717) is 13.1 Å². The molecule has 0 radical (unpaired) electrons. The number of nitrogens with one attached hydrogen (secondary N) is 1. The molecule has 0 rings (SSSR count). The number of carbonyl (C=O) groups is 1. The first kappa shape index (κ1) is 15.9. The highest BCUT2D eigenvalue weighted by Crippen LogP contribution is 2.10. The molecule has 0 saturated carbocycles. The quantitative estimate of drug-likeness (QED) is 0.709. The Morgan fingerprint density at radius 2 is 1.93 bits per heavy atom. The Labute approximate surface area is 87.3 Å². The van der Waals surface area contributed by atoms with Gasteiger partial charge in [-0.1, -0.05) is 33.1 Å². The summed E-state index contributed by atoms with van der Waals surface area (Å²) < 4.78 is 9.50. The van der Waals surface area contributed by atoms with Crippen molar-refractivity contribution in [1.82, 2.24) is 5.32 Å². The van der Waals surface area contributed by atoms with Gasteiger partial charge in [0.2, 0.25) is 5.91 Å². The zero-order valence-electron chi connectivity index (χ0n) is 9.90. The Morgan fingerprint density at radius 1 is 1.36 bits per heavy atom. The second kappa shape index (κ2) is 12.4. The Kier molecular flexibility index (Phi) is 14.0. The van der Waals surface area contributed by atoms with Gasteiger partial charge in [-0.15, -0.1) is 0 Å². The number of halogens is 1. The zero-order chi connectivity index (χ0) is 11.4. The summed E-state index contributed by atoms with van der Waals surface area (Å²) in [6, 6.07) is 0. The Hall–Kier alpha value is -0.600. The predicted octanol–water partition coefficient (Wildman–Crippen LogP) is 2.92. The van der Waals surface area contributed by atoms with Crippen LogP contribution in [-0.2, 0) is 4.79 Å². The smallest absolute Gasteiger partial charge is 0.216 e. The van der Waals surface area contributed by atoms with Gasteiger partial charge >= 0.3 is 0 Å². The summed E-state index contributed by atoms with van der Waals surface area (Å²) in [4.78, 5) is 10.6. The molecule has 14 heavy (non-hydrogen) atoms. The Balaban J connectivity index is 0. The highest BCUT2D eigenvalue weighted by molar-refractivity contribution is 5.72. The van der Waals surface area contributed by atoms with Crippen molar-refractivity contribution in [2.75, 3.05) is 13.7 Å². The van der Waals surface area contributed by atoms with Gasteiger partial charge in [0.05, 0.1) is 7.18 Å². The third-order valence-corrected chi connectivity index (χ3v) is 2.18. The first-order chi connectivity index (χ1) is 6.70. The number of amides is 1. The lowest BCUT2D eigenvalue weighted by atomic mass is 9.99. The molecule has 0 saturated heterocycles. The van der Waals surface area contributed by atoms with E-state index < -0.39 is 0 Å². The van der Waals surface area contributed by atoms with Crippen molar-refractivity contribution >= 4 is 5.91 Å². The average molecular weight is 205 g/mol. The van der Waals surface area contributed by atoms with Crippen molar-refractivity contribution in [2.45, 2.75) is 46.5 Å². The predicted molar refractivity (Wildman–Crippen MR) is 59.0 cm³/mol. The SMILES string of the molecule is CCCCC(CC)CNC(C)=O.CF. The number of alkyl halides is 1. The molecule has 0 bridgehead atoms. The van der Waals surface area contributed by atoms with Crippen LogP contribution in [0.3, 0.4) is 0 Å². The molecule has 0 aliphatic carbocycles. The van der Waals surface area contributed by atoms with Crippen molar-refractivity contribution in [3.8, 4) is 0 Å². The first-order valence-electron chi connectivity index (χ1n) is 5.32. The monoisotopic (exact) mass is 205 g/mol. The fraction of sp³-hybridized carbons (Fsp3) is 0.909. The third-order valence-electron chi connectivity index (χ3n) is 2.18. The summed E-state index contributed by atoms with van der Waals surface area (Å²) in [5, 5.41) is 2.87. The zero-order valence-corrected chi connectivity index (χ0v) is 9.90. The van der Waals surface area contributed by atoms with E-state index in [2.05, 4.69) is 19.2 Å². The molecular weight excluding hydrogens is 181 g/mol. The molecule has 1 atom stereocenters. The van der Waals surface area contributed by atoms with Gasteiger partial charge in [-0.3, -0.25) is 9.18 Å². The molecule has 1 amide bonds. The van der Waals surface area contributed by atoms with Gasteiger partial charge < -0.3 is 5.32 Å². The molecule has 2 nitrogen and oxygen atoms in total. The van der Waals surface area contributed by atoms with Gasteiger partial charge in [0.1, 0.15) is 0 Å². The van der Waals surface area contributed by atoms with E-state index in [9.17, 15) is 9.18 Å². The van der Waals surface area contributed by atoms with Gasteiger partial charge in [-0.05, 0) is 12.3 Å². The van der Waals surface area contributed by atoms with Gasteiger partial charge in [-0.2, -0.15) is 0 Å². The molecule has 0 spiro atoms. The van der Waals surface area contributed by atoms with Crippen LogP contribution < -0.4 is 5.32 Å². The lowest BCUT2D eigenvalue weighted by molar-refractivity contribution is -0.119. The topological polar surface area (TPSA) is 29.1 Å². The first-order valence-corrected chi connectivity index (χ1v) is 5.32. The summed E-state index contributed by atoms with van der Waals surface area (Å²) in [6.07, 6.45) is 4.93. The molecule has 1 N–H and O–H groups in total. The summed E-state index contributed by atoms with van der Waals surface area (Å²) in [5.41, 5.74) is 0. The van der Waals surface area contributed by atoms with Gasteiger partial charge in [-0.25, -0.2) is 0 Å². The van der Waals surface area contributed by atoms with Crippen LogP contribution in [0.4, 0.5) is 4.39 Å². The number of unbranched alkanes of at least 4 members (excludes halogenated alkanes) is 1. The van der Waals surface area contributed by atoms with Crippen molar-refractivity contribution in [3.05, 3.63) is 0 Å². The molecule has 0 aliphatic rings. The maximum Gasteiger partial charge on any atom is 0.216 e. The molecule has 0 aliphatic heterocycles. The molecule has 0 fully saturated rings. The maximum absolute atomic E-state index is 10.6. The van der Waals surface area contributed by atoms with Crippen LogP contribution in [0, 0.1) is 5.92 Å². The van der Waals surface area contributed by atoms with E-state index in [1.165, 1.54) is 25.7 Å². The van der Waals surface area contributed by atoms with Crippen LogP contribution in [-0.4, -0.2) is 19.6 Å². The number of rotatable bonds is 6. The van der Waals surface area contributed by atoms with E-state index in [1.807, 2.05) is 0 Å². The van der Waals surface area contributed by atoms with Gasteiger partial charge in [0.25, 0.3) is 0 Å². The fourth-order valence-corrected chi connectivity index (χ4v) is 1.23. The molecule has 1 unspecified atom stereocenters. The van der Waals surface area contributed by atoms with E-state index >= 15 is 0 Å². The number of carbonyl (C=O) groups excluding carboxylic acids is 1. The van der Waals surface area contributed by atoms with Crippen molar-refractivity contribution < 1.29 is 9.18 Å². The molecule has 3 heteroatoms. The van der Waals surface area contributed by atoms with Crippen molar-refractivity contribution in [1.29, 1.82) is 0 Å².